The van der Waals surface area contributed by atoms with Crippen LogP contribution in [0.4, 0.5) is 0 Å². The molecule has 0 amide bonds. The van der Waals surface area contributed by atoms with Crippen LogP contribution in [0.1, 0.15) is 0 Å². The van der Waals surface area contributed by atoms with E-state index in [-0.39, 0.29) is 58.2 Å². The molecule has 0 radical (unpaired) electrons. The molecule has 0 aromatic carbocycles. The standard InChI is InChI=1S/2C2O3.Rb/c2*3-1-5-2-4;/q2*-2;+1. The van der Waals surface area contributed by atoms with Crippen LogP contribution in [0.15, 0.2) is 0 Å². The van der Waals surface area contributed by atoms with Crippen molar-refractivity contribution >= 4 is 25.9 Å². The molecule has 0 atom stereocenters. The number of hydrogen-bond donors (Lipinski definition) is 0. The summed E-state index contributed by atoms with van der Waals surface area (Å²) in [6, 6.07) is 0. The van der Waals surface area contributed by atoms with Gasteiger partial charge in [0.05, 0.1) is 0 Å². The van der Waals surface area contributed by atoms with Crippen molar-refractivity contribution in [2.24, 2.45) is 0 Å². The minimum absolute atomic E-state index is 0. The van der Waals surface area contributed by atoms with Crippen molar-refractivity contribution in [3.8, 4) is 0 Å². The molecule has 0 bridgehead atoms. The van der Waals surface area contributed by atoms with Crippen molar-refractivity contribution in [2.75, 3.05) is 0 Å². The summed E-state index contributed by atoms with van der Waals surface area (Å²) in [6.07, 6.45) is 0. The van der Waals surface area contributed by atoms with Gasteiger partial charge in [0.1, 0.15) is 0 Å². The van der Waals surface area contributed by atoms with E-state index in [0.29, 0.717) is 0 Å². The van der Waals surface area contributed by atoms with Crippen LogP contribution in [0.5, 0.6) is 0 Å². The fourth-order valence-electron chi connectivity index (χ4n) is 0.0340. The topological polar surface area (TPSA) is 86.7 Å². The van der Waals surface area contributed by atoms with E-state index in [2.05, 4.69) is 9.47 Å². The Morgan fingerprint density at radius 3 is 0.818 bits per heavy atom. The Morgan fingerprint density at radius 1 is 0.636 bits per heavy atom. The molecular formula is C4O6Rb-3. The normalized spacial score (nSPS) is 5.09. The van der Waals surface area contributed by atoms with E-state index in [0.717, 1.165) is 25.9 Å². The maximum atomic E-state index is 8.80. The van der Waals surface area contributed by atoms with E-state index in [9.17, 15) is 0 Å². The Hall–Kier alpha value is 0.0852. The third-order valence-electron chi connectivity index (χ3n) is 0.167. The summed E-state index contributed by atoms with van der Waals surface area (Å²) in [4.78, 5) is 35.2. The zero-order chi connectivity index (χ0) is 8.24. The largest absolute Gasteiger partial charge is 1.00 e. The van der Waals surface area contributed by atoms with Crippen LogP contribution >= 0.6 is 0 Å². The van der Waals surface area contributed by atoms with Gasteiger partial charge in [0.15, 0.2) is 0 Å². The van der Waals surface area contributed by atoms with Gasteiger partial charge in [-0.05, 0) is 0 Å². The van der Waals surface area contributed by atoms with Gasteiger partial charge in [0.2, 0.25) is 0 Å². The van der Waals surface area contributed by atoms with Crippen molar-refractivity contribution in [2.45, 2.75) is 0 Å². The molecule has 0 N–H and O–H groups in total. The molecule has 0 rings (SSSR count). The Kier molecular flexibility index (Phi) is 35.2. The third kappa shape index (κ3) is 39.5. The van der Waals surface area contributed by atoms with Gasteiger partial charge >= 0.3 is 58.2 Å². The summed E-state index contributed by atoms with van der Waals surface area (Å²) in [5.74, 6) is 0. The minimum Gasteiger partial charge on any atom is -0.783 e. The second kappa shape index (κ2) is 22.5. The zero-order valence-electron chi connectivity index (χ0n) is 5.45. The van der Waals surface area contributed by atoms with E-state index in [4.69, 9.17) is 19.2 Å². The van der Waals surface area contributed by atoms with Crippen molar-refractivity contribution in [3.63, 3.8) is 0 Å². The predicted molar refractivity (Wildman–Crippen MR) is 24.9 cm³/mol. The summed E-state index contributed by atoms with van der Waals surface area (Å²) in [7, 11) is 0. The van der Waals surface area contributed by atoms with Gasteiger partial charge in [0, 0.05) is 0 Å². The van der Waals surface area contributed by atoms with Gasteiger partial charge in [-0.2, -0.15) is 0 Å². The monoisotopic (exact) mass is 229 g/mol. The molecule has 6 nitrogen and oxygen atoms in total. The molecule has 0 aliphatic carbocycles. The molecular weight excluding hydrogens is 230 g/mol. The van der Waals surface area contributed by atoms with Crippen LogP contribution in [-0.2, 0) is 28.7 Å². The van der Waals surface area contributed by atoms with Gasteiger partial charge in [0.25, 0.3) is 0 Å². The van der Waals surface area contributed by atoms with Gasteiger partial charge in [-0.15, -0.1) is 25.9 Å². The van der Waals surface area contributed by atoms with Crippen molar-refractivity contribution < 1.29 is 86.8 Å². The Bertz CT molecular complexity index is 87.1. The molecule has 0 fully saturated rings. The van der Waals surface area contributed by atoms with Crippen LogP contribution in [0, 0.1) is 0 Å². The number of carbonyl (C=O) groups excluding carboxylic acids is 4. The van der Waals surface area contributed by atoms with Crippen LogP contribution in [0.3, 0.4) is 0 Å². The van der Waals surface area contributed by atoms with Crippen LogP contribution in [0.2, 0.25) is 0 Å². The Balaban J connectivity index is -0.000000107. The molecule has 0 aliphatic heterocycles. The quantitative estimate of drug-likeness (QED) is 0.356. The molecule has 0 saturated heterocycles. The average Bonchev–Trinajstić information content (AvgIpc) is 1.93. The maximum absolute atomic E-state index is 8.80. The minimum atomic E-state index is 0. The summed E-state index contributed by atoms with van der Waals surface area (Å²) >= 11 is 0. The average molecular weight is 230 g/mol. The van der Waals surface area contributed by atoms with Gasteiger partial charge < -0.3 is 28.7 Å². The van der Waals surface area contributed by atoms with E-state index in [1.807, 2.05) is 0 Å². The van der Waals surface area contributed by atoms with E-state index in [1.165, 1.54) is 0 Å². The van der Waals surface area contributed by atoms with Gasteiger partial charge in [-0.1, -0.05) is 0 Å². The van der Waals surface area contributed by atoms with Crippen LogP contribution in [0.25, 0.3) is 0 Å². The first-order chi connectivity index (χ1) is 4.83. The summed E-state index contributed by atoms with van der Waals surface area (Å²) in [5.41, 5.74) is 0. The molecule has 7 heteroatoms. The molecule has 0 spiro atoms. The van der Waals surface area contributed by atoms with E-state index in [1.54, 1.807) is 0 Å². The third-order valence-corrected chi connectivity index (χ3v) is 0.167. The van der Waals surface area contributed by atoms with Crippen molar-refractivity contribution in [1.82, 2.24) is 0 Å². The van der Waals surface area contributed by atoms with Crippen molar-refractivity contribution in [1.29, 1.82) is 0 Å². The molecule has 0 heterocycles. The molecule has 0 aromatic heterocycles. The Morgan fingerprint density at radius 2 is 0.818 bits per heavy atom. The summed E-state index contributed by atoms with van der Waals surface area (Å²) in [6.45, 7) is 3.38. The van der Waals surface area contributed by atoms with E-state index < -0.39 is 0 Å². The van der Waals surface area contributed by atoms with Crippen LogP contribution < -0.4 is 58.2 Å². The van der Waals surface area contributed by atoms with E-state index >= 15 is 0 Å². The summed E-state index contributed by atoms with van der Waals surface area (Å²) in [5, 5.41) is 0. The predicted octanol–water partition coefficient (Wildman–Crippen LogP) is -4.72. The first-order valence-electron chi connectivity index (χ1n) is 1.63. The molecule has 0 saturated carbocycles. The Labute approximate surface area is 111 Å². The number of rotatable bonds is 4. The SMILES string of the molecule is O=[C-]O[C-]=O.O=[C-]O[C-]=O.[Rb+]. The fourth-order valence-corrected chi connectivity index (χ4v) is 0.0340. The molecule has 56 valence electrons. The molecule has 0 unspecified atom stereocenters. The van der Waals surface area contributed by atoms with Crippen LogP contribution in [-0.4, -0.2) is 25.9 Å². The first-order valence-corrected chi connectivity index (χ1v) is 1.63. The molecule has 0 aromatic rings. The van der Waals surface area contributed by atoms with Crippen molar-refractivity contribution in [3.05, 3.63) is 0 Å². The number of hydrogen-bond acceptors (Lipinski definition) is 6. The summed E-state index contributed by atoms with van der Waals surface area (Å²) < 4.78 is 6.44. The smallest absolute Gasteiger partial charge is 0.783 e. The zero-order valence-corrected chi connectivity index (χ0v) is 10.4. The maximum Gasteiger partial charge on any atom is 1.00 e. The second-order valence-corrected chi connectivity index (χ2v) is 0.537. The first kappa shape index (κ1) is 17.2. The number of ether oxygens (including phenoxy) is 2. The van der Waals surface area contributed by atoms with Gasteiger partial charge in [-0.25, -0.2) is 0 Å². The molecule has 0 aliphatic rings. The second-order valence-electron chi connectivity index (χ2n) is 0.537. The fraction of sp³-hybridized carbons (Fsp3) is 0. The molecule has 11 heavy (non-hydrogen) atoms. The van der Waals surface area contributed by atoms with Gasteiger partial charge in [-0.3, -0.25) is 0 Å².